The first-order valence-corrected chi connectivity index (χ1v) is 6.93. The van der Waals surface area contributed by atoms with Crippen LogP contribution in [0.5, 0.6) is 0 Å². The summed E-state index contributed by atoms with van der Waals surface area (Å²) in [5, 5.41) is 3.02. The molecule has 1 aromatic rings. The van der Waals surface area contributed by atoms with E-state index in [1.54, 1.807) is 12.1 Å². The van der Waals surface area contributed by atoms with Crippen LogP contribution in [0.25, 0.3) is 0 Å². The number of amides is 1. The van der Waals surface area contributed by atoms with Crippen molar-refractivity contribution >= 4 is 34.0 Å². The highest BCUT2D eigenvalue weighted by molar-refractivity contribution is 7.86. The molecule has 0 bridgehead atoms. The van der Waals surface area contributed by atoms with Crippen molar-refractivity contribution in [1.82, 2.24) is 5.32 Å². The van der Waals surface area contributed by atoms with Crippen LogP contribution in [-0.2, 0) is 20.3 Å². The van der Waals surface area contributed by atoms with Crippen molar-refractivity contribution in [1.29, 1.82) is 0 Å². The van der Waals surface area contributed by atoms with Crippen molar-refractivity contribution in [3.05, 3.63) is 23.2 Å². The molecule has 0 heterocycles. The van der Waals surface area contributed by atoms with Gasteiger partial charge in [-0.15, -0.1) is 0 Å². The second-order valence-electron chi connectivity index (χ2n) is 3.51. The summed E-state index contributed by atoms with van der Waals surface area (Å²) in [6.45, 7) is 0.801. The molecule has 0 radical (unpaired) electrons. The van der Waals surface area contributed by atoms with E-state index < -0.39 is 10.8 Å². The average Bonchev–Trinajstić information content (AvgIpc) is 2.32. The van der Waals surface area contributed by atoms with Gasteiger partial charge in [0, 0.05) is 24.4 Å². The van der Waals surface area contributed by atoms with Gasteiger partial charge in [0.1, 0.15) is 5.75 Å². The van der Waals surface area contributed by atoms with Crippen LogP contribution in [0.1, 0.15) is 0 Å². The summed E-state index contributed by atoms with van der Waals surface area (Å²) in [4.78, 5) is 11.8. The van der Waals surface area contributed by atoms with Gasteiger partial charge in [-0.05, 0) is 18.2 Å². The van der Waals surface area contributed by atoms with Gasteiger partial charge in [0.25, 0.3) is 0 Å². The van der Waals surface area contributed by atoms with Crippen molar-refractivity contribution in [2.45, 2.75) is 4.90 Å². The summed E-state index contributed by atoms with van der Waals surface area (Å²) in [6, 6.07) is 4.68. The molecule has 0 aliphatic heterocycles. The minimum atomic E-state index is -1.50. The Morgan fingerprint density at radius 2 is 2.28 bits per heavy atom. The monoisotopic (exact) mass is 290 g/mol. The molecule has 100 valence electrons. The fourth-order valence-corrected chi connectivity index (χ4v) is 2.57. The number of ether oxygens (including phenoxy) is 1. The van der Waals surface area contributed by atoms with Crippen LogP contribution in [0.4, 0.5) is 5.69 Å². The second kappa shape index (κ2) is 7.35. The van der Waals surface area contributed by atoms with Crippen molar-refractivity contribution < 1.29 is 13.7 Å². The number of nitrogens with two attached hydrogens (primary N) is 1. The second-order valence-corrected chi connectivity index (χ2v) is 5.37. The third kappa shape index (κ3) is 4.64. The summed E-state index contributed by atoms with van der Waals surface area (Å²) in [6.07, 6.45) is 0. The van der Waals surface area contributed by atoms with Gasteiger partial charge in [-0.1, -0.05) is 11.6 Å². The van der Waals surface area contributed by atoms with Gasteiger partial charge in [0.2, 0.25) is 5.91 Å². The zero-order valence-corrected chi connectivity index (χ0v) is 11.5. The molecule has 1 aromatic carbocycles. The van der Waals surface area contributed by atoms with Crippen LogP contribution >= 0.6 is 11.6 Å². The molecule has 1 unspecified atom stereocenters. The number of halogens is 1. The molecular weight excluding hydrogens is 276 g/mol. The molecule has 0 saturated heterocycles. The van der Waals surface area contributed by atoms with Crippen LogP contribution in [0.15, 0.2) is 23.1 Å². The summed E-state index contributed by atoms with van der Waals surface area (Å²) in [5.74, 6) is -0.460. The van der Waals surface area contributed by atoms with E-state index in [0.29, 0.717) is 28.8 Å². The van der Waals surface area contributed by atoms with Gasteiger partial charge in [-0.3, -0.25) is 9.00 Å². The quantitative estimate of drug-likeness (QED) is 0.599. The van der Waals surface area contributed by atoms with E-state index in [4.69, 9.17) is 22.1 Å². The highest BCUT2D eigenvalue weighted by Gasteiger charge is 2.13. The largest absolute Gasteiger partial charge is 0.398 e. The number of carbonyl (C=O) groups excluding carboxylic acids is 1. The van der Waals surface area contributed by atoms with Crippen LogP contribution in [0, 0.1) is 0 Å². The number of hydrogen-bond acceptors (Lipinski definition) is 4. The minimum absolute atomic E-state index is 0.145. The van der Waals surface area contributed by atoms with E-state index in [1.807, 2.05) is 0 Å². The lowest BCUT2D eigenvalue weighted by atomic mass is 10.3. The van der Waals surface area contributed by atoms with Crippen molar-refractivity contribution in [3.8, 4) is 0 Å². The Bertz CT molecular complexity index is 454. The fraction of sp³-hybridized carbons (Fsp3) is 0.364. The predicted molar refractivity (Wildman–Crippen MR) is 72.0 cm³/mol. The Balaban J connectivity index is 2.59. The van der Waals surface area contributed by atoms with Crippen LogP contribution in [0.3, 0.4) is 0 Å². The number of benzene rings is 1. The number of rotatable bonds is 6. The average molecular weight is 291 g/mol. The molecule has 0 aliphatic rings. The molecule has 5 nitrogen and oxygen atoms in total. The summed E-state index contributed by atoms with van der Waals surface area (Å²) < 4.78 is 16.7. The molecule has 1 atom stereocenters. The van der Waals surface area contributed by atoms with Gasteiger partial charge < -0.3 is 15.8 Å². The van der Waals surface area contributed by atoms with Crippen molar-refractivity contribution in [2.75, 3.05) is 31.7 Å². The van der Waals surface area contributed by atoms with E-state index >= 15 is 0 Å². The molecule has 0 aromatic heterocycles. The van der Waals surface area contributed by atoms with E-state index in [1.165, 1.54) is 13.2 Å². The zero-order valence-electron chi connectivity index (χ0n) is 9.94. The Morgan fingerprint density at radius 3 is 2.94 bits per heavy atom. The molecule has 1 amide bonds. The summed E-state index contributed by atoms with van der Waals surface area (Å²) in [7, 11) is 0.0356. The van der Waals surface area contributed by atoms with Gasteiger partial charge in [0.15, 0.2) is 0 Å². The first-order valence-electron chi connectivity index (χ1n) is 5.23. The summed E-state index contributed by atoms with van der Waals surface area (Å²) >= 11 is 5.79. The molecule has 7 heteroatoms. The van der Waals surface area contributed by atoms with Gasteiger partial charge in [-0.25, -0.2) is 0 Å². The Labute approximate surface area is 113 Å². The molecule has 0 fully saturated rings. The van der Waals surface area contributed by atoms with Crippen LogP contribution in [-0.4, -0.2) is 36.1 Å². The van der Waals surface area contributed by atoms with Crippen molar-refractivity contribution in [3.63, 3.8) is 0 Å². The standard InChI is InChI=1S/C11H15ClN2O3S/c1-17-5-4-14-11(15)7-18(16)10-6-8(12)2-3-9(10)13/h2-3,6H,4-5,7,13H2,1H3,(H,14,15). The molecule has 3 N–H and O–H groups in total. The first-order chi connectivity index (χ1) is 8.54. The highest BCUT2D eigenvalue weighted by Crippen LogP contribution is 2.21. The number of nitrogens with one attached hydrogen (secondary N) is 1. The van der Waals surface area contributed by atoms with Crippen LogP contribution in [0.2, 0.25) is 5.02 Å². The number of carbonyl (C=O) groups is 1. The maximum atomic E-state index is 11.9. The van der Waals surface area contributed by atoms with Gasteiger partial charge in [-0.2, -0.15) is 0 Å². The van der Waals surface area contributed by atoms with Gasteiger partial charge in [0.05, 0.1) is 22.3 Å². The minimum Gasteiger partial charge on any atom is -0.398 e. The number of methoxy groups -OCH3 is 1. The lowest BCUT2D eigenvalue weighted by molar-refractivity contribution is -0.118. The topological polar surface area (TPSA) is 81.4 Å². The SMILES string of the molecule is COCCNC(=O)CS(=O)c1cc(Cl)ccc1N. The molecule has 18 heavy (non-hydrogen) atoms. The molecule has 0 spiro atoms. The molecule has 1 rings (SSSR count). The summed E-state index contributed by atoms with van der Waals surface area (Å²) in [5.41, 5.74) is 6.05. The number of hydrogen-bond donors (Lipinski definition) is 2. The maximum Gasteiger partial charge on any atom is 0.233 e. The third-order valence-electron chi connectivity index (χ3n) is 2.11. The fourth-order valence-electron chi connectivity index (χ4n) is 1.25. The number of nitrogen functional groups attached to an aromatic ring is 1. The van der Waals surface area contributed by atoms with E-state index in [-0.39, 0.29) is 11.7 Å². The van der Waals surface area contributed by atoms with Gasteiger partial charge >= 0.3 is 0 Å². The van der Waals surface area contributed by atoms with E-state index in [9.17, 15) is 9.00 Å². The molecule has 0 saturated carbocycles. The molecular formula is C11H15ClN2O3S. The highest BCUT2D eigenvalue weighted by atomic mass is 35.5. The Morgan fingerprint density at radius 1 is 1.56 bits per heavy atom. The smallest absolute Gasteiger partial charge is 0.233 e. The zero-order chi connectivity index (χ0) is 13.5. The van der Waals surface area contributed by atoms with E-state index in [2.05, 4.69) is 5.32 Å². The van der Waals surface area contributed by atoms with Crippen LogP contribution < -0.4 is 11.1 Å². The molecule has 0 aliphatic carbocycles. The third-order valence-corrected chi connectivity index (χ3v) is 3.72. The first kappa shape index (κ1) is 14.9. The normalized spacial score (nSPS) is 12.1. The Hall–Kier alpha value is -1.11. The Kier molecular flexibility index (Phi) is 6.11. The van der Waals surface area contributed by atoms with Crippen molar-refractivity contribution in [2.24, 2.45) is 0 Å². The lowest BCUT2D eigenvalue weighted by Crippen LogP contribution is -2.31. The predicted octanol–water partition coefficient (Wildman–Crippen LogP) is 0.792. The number of anilines is 1. The maximum absolute atomic E-state index is 11.9. The lowest BCUT2D eigenvalue weighted by Gasteiger charge is -2.07. The van der Waals surface area contributed by atoms with E-state index in [0.717, 1.165) is 0 Å².